The summed E-state index contributed by atoms with van der Waals surface area (Å²) in [6.45, 7) is 2.68. The molecule has 2 aliphatic rings. The maximum absolute atomic E-state index is 10.7. The number of hydrogen-bond acceptors (Lipinski definition) is 3. The smallest absolute Gasteiger partial charge is 0.334 e. The predicted molar refractivity (Wildman–Crippen MR) is 60.7 cm³/mol. The van der Waals surface area contributed by atoms with Crippen LogP contribution in [0, 0.1) is 5.41 Å². The van der Waals surface area contributed by atoms with Crippen molar-refractivity contribution in [2.75, 3.05) is 26.7 Å². The van der Waals surface area contributed by atoms with Gasteiger partial charge in [-0.15, -0.1) is 0 Å². The van der Waals surface area contributed by atoms with E-state index in [1.807, 2.05) is 0 Å². The molecule has 1 aliphatic carbocycles. The van der Waals surface area contributed by atoms with Gasteiger partial charge in [0, 0.05) is 6.54 Å². The number of carbonyl (C=O) groups excluding carboxylic acids is 1. The molecule has 0 aromatic rings. The molecule has 92 valence electrons. The fourth-order valence-corrected chi connectivity index (χ4v) is 3.15. The fourth-order valence-electron chi connectivity index (χ4n) is 3.15. The van der Waals surface area contributed by atoms with Crippen LogP contribution in [0.15, 0.2) is 0 Å². The number of nitrogens with zero attached hydrogens (tertiary/aromatic N) is 1. The van der Waals surface area contributed by atoms with Crippen LogP contribution in [0.1, 0.15) is 32.1 Å². The van der Waals surface area contributed by atoms with E-state index in [1.54, 1.807) is 0 Å². The fraction of sp³-hybridized carbons (Fsp3) is 0.917. The van der Waals surface area contributed by atoms with Crippen molar-refractivity contribution >= 4 is 5.91 Å². The zero-order valence-corrected chi connectivity index (χ0v) is 10.2. The van der Waals surface area contributed by atoms with Gasteiger partial charge in [0.2, 0.25) is 0 Å². The van der Waals surface area contributed by atoms with E-state index in [1.165, 1.54) is 32.4 Å². The Morgan fingerprint density at radius 1 is 1.44 bits per heavy atom. The number of ether oxygens (including phenoxy) is 1. The van der Waals surface area contributed by atoms with Crippen molar-refractivity contribution in [3.05, 3.63) is 0 Å². The Labute approximate surface area is 97.1 Å². The quantitative estimate of drug-likeness (QED) is 0.740. The summed E-state index contributed by atoms with van der Waals surface area (Å²) in [4.78, 5) is 13.2. The first-order valence-corrected chi connectivity index (χ1v) is 6.25. The second-order valence-electron chi connectivity index (χ2n) is 5.54. The van der Waals surface area contributed by atoms with Crippen LogP contribution in [0.5, 0.6) is 0 Å². The van der Waals surface area contributed by atoms with Gasteiger partial charge in [-0.05, 0) is 51.1 Å². The highest BCUT2D eigenvalue weighted by atomic mass is 16.5. The largest absolute Gasteiger partial charge is 0.364 e. The molecule has 2 rings (SSSR count). The molecule has 4 heteroatoms. The SMILES string of the molecule is CN1CCC2(CCC(OCC([NH3+])=O)CC2)C1. The molecule has 0 unspecified atom stereocenters. The molecule has 2 fully saturated rings. The molecule has 0 atom stereocenters. The maximum atomic E-state index is 10.7. The predicted octanol–water partition coefficient (Wildman–Crippen LogP) is 0.0360. The highest BCUT2D eigenvalue weighted by Gasteiger charge is 2.39. The average Bonchev–Trinajstić information content (AvgIpc) is 2.59. The van der Waals surface area contributed by atoms with Crippen molar-refractivity contribution in [2.24, 2.45) is 5.41 Å². The molecule has 0 bridgehead atoms. The van der Waals surface area contributed by atoms with Crippen molar-refractivity contribution < 1.29 is 15.3 Å². The van der Waals surface area contributed by atoms with E-state index >= 15 is 0 Å². The number of amides is 1. The molecule has 3 N–H and O–H groups in total. The summed E-state index contributed by atoms with van der Waals surface area (Å²) in [6, 6.07) is 0. The van der Waals surface area contributed by atoms with Crippen LogP contribution in [-0.2, 0) is 9.53 Å². The monoisotopic (exact) mass is 227 g/mol. The molecule has 16 heavy (non-hydrogen) atoms. The molecule has 0 aromatic carbocycles. The first kappa shape index (κ1) is 12.0. The lowest BCUT2D eigenvalue weighted by atomic mass is 9.72. The molecule has 0 radical (unpaired) electrons. The molecular formula is C12H23N2O2+. The third-order valence-electron chi connectivity index (χ3n) is 4.10. The Balaban J connectivity index is 1.76. The molecule has 1 aliphatic heterocycles. The minimum Gasteiger partial charge on any atom is -0.364 e. The normalized spacial score (nSPS) is 35.8. The summed E-state index contributed by atoms with van der Waals surface area (Å²) in [6.07, 6.45) is 6.37. The lowest BCUT2D eigenvalue weighted by molar-refractivity contribution is -0.310. The van der Waals surface area contributed by atoms with Gasteiger partial charge in [0.05, 0.1) is 6.10 Å². The average molecular weight is 227 g/mol. The first-order chi connectivity index (χ1) is 7.60. The summed E-state index contributed by atoms with van der Waals surface area (Å²) >= 11 is 0. The zero-order chi connectivity index (χ0) is 11.6. The minimum absolute atomic E-state index is 0.110. The zero-order valence-electron chi connectivity index (χ0n) is 10.2. The molecule has 1 saturated carbocycles. The lowest BCUT2D eigenvalue weighted by Crippen LogP contribution is -2.59. The van der Waals surface area contributed by atoms with Gasteiger partial charge in [-0.2, -0.15) is 0 Å². The topological polar surface area (TPSA) is 57.2 Å². The third kappa shape index (κ3) is 2.81. The van der Waals surface area contributed by atoms with E-state index in [2.05, 4.69) is 17.7 Å². The Morgan fingerprint density at radius 3 is 2.62 bits per heavy atom. The lowest BCUT2D eigenvalue weighted by Gasteiger charge is -2.36. The van der Waals surface area contributed by atoms with Crippen LogP contribution in [-0.4, -0.2) is 43.7 Å². The second-order valence-corrected chi connectivity index (χ2v) is 5.54. The number of likely N-dealkylation sites (tertiary alicyclic amines) is 1. The van der Waals surface area contributed by atoms with Gasteiger partial charge in [-0.1, -0.05) is 0 Å². The maximum Gasteiger partial charge on any atom is 0.334 e. The number of rotatable bonds is 3. The molecule has 0 aromatic heterocycles. The highest BCUT2D eigenvalue weighted by Crippen LogP contribution is 2.43. The van der Waals surface area contributed by atoms with Crippen molar-refractivity contribution in [1.82, 2.24) is 4.90 Å². The third-order valence-corrected chi connectivity index (χ3v) is 4.10. The van der Waals surface area contributed by atoms with Gasteiger partial charge < -0.3 is 9.64 Å². The van der Waals surface area contributed by atoms with Gasteiger partial charge in [-0.3, -0.25) is 5.73 Å². The second kappa shape index (κ2) is 4.82. The molecule has 4 nitrogen and oxygen atoms in total. The summed E-state index contributed by atoms with van der Waals surface area (Å²) < 4.78 is 5.55. The summed E-state index contributed by atoms with van der Waals surface area (Å²) in [5.41, 5.74) is 3.89. The van der Waals surface area contributed by atoms with E-state index in [0.29, 0.717) is 11.5 Å². The van der Waals surface area contributed by atoms with E-state index < -0.39 is 0 Å². The Kier molecular flexibility index (Phi) is 3.62. The van der Waals surface area contributed by atoms with Crippen molar-refractivity contribution in [2.45, 2.75) is 38.2 Å². The molecule has 1 saturated heterocycles. The van der Waals surface area contributed by atoms with E-state index in [0.717, 1.165) is 12.8 Å². The van der Waals surface area contributed by atoms with Crippen LogP contribution in [0.3, 0.4) is 0 Å². The van der Waals surface area contributed by atoms with E-state index in [-0.39, 0.29) is 12.5 Å². The van der Waals surface area contributed by atoms with Crippen molar-refractivity contribution in [3.63, 3.8) is 0 Å². The van der Waals surface area contributed by atoms with Crippen molar-refractivity contribution in [1.29, 1.82) is 0 Å². The standard InChI is InChI=1S/C12H22N2O2/c1-14-7-6-12(9-14)4-2-10(3-5-12)16-8-11(13)15/h10H,2-9H2,1H3,(H2,13,15)/p+1. The van der Waals surface area contributed by atoms with Crippen molar-refractivity contribution in [3.8, 4) is 0 Å². The van der Waals surface area contributed by atoms with Gasteiger partial charge in [-0.25, -0.2) is 4.79 Å². The van der Waals surface area contributed by atoms with Crippen LogP contribution in [0.25, 0.3) is 0 Å². The Morgan fingerprint density at radius 2 is 2.12 bits per heavy atom. The first-order valence-electron chi connectivity index (χ1n) is 6.25. The summed E-state index contributed by atoms with van der Waals surface area (Å²) in [5.74, 6) is -0.110. The van der Waals surface area contributed by atoms with Crippen LogP contribution >= 0.6 is 0 Å². The van der Waals surface area contributed by atoms with E-state index in [9.17, 15) is 4.79 Å². The van der Waals surface area contributed by atoms with Crippen LogP contribution in [0.4, 0.5) is 0 Å². The Hall–Kier alpha value is -0.450. The number of quaternary nitrogens is 1. The minimum atomic E-state index is -0.110. The summed E-state index contributed by atoms with van der Waals surface area (Å²) in [7, 11) is 2.21. The highest BCUT2D eigenvalue weighted by molar-refractivity contribution is 5.65. The van der Waals surface area contributed by atoms with Gasteiger partial charge in [0.15, 0.2) is 6.61 Å². The molecule has 1 spiro atoms. The van der Waals surface area contributed by atoms with Gasteiger partial charge in [0.1, 0.15) is 0 Å². The molecule has 1 amide bonds. The number of hydrogen-bond donors (Lipinski definition) is 1. The number of carbonyl (C=O) groups is 1. The van der Waals surface area contributed by atoms with Gasteiger partial charge >= 0.3 is 5.91 Å². The van der Waals surface area contributed by atoms with E-state index in [4.69, 9.17) is 4.74 Å². The van der Waals surface area contributed by atoms with Gasteiger partial charge in [0.25, 0.3) is 0 Å². The Bertz CT molecular complexity index is 260. The van der Waals surface area contributed by atoms with Crippen LogP contribution in [0.2, 0.25) is 0 Å². The summed E-state index contributed by atoms with van der Waals surface area (Å²) in [5, 5.41) is 0. The molecular weight excluding hydrogens is 204 g/mol. The van der Waals surface area contributed by atoms with Crippen LogP contribution < -0.4 is 5.73 Å². The molecule has 1 heterocycles.